The summed E-state index contributed by atoms with van der Waals surface area (Å²) in [6.07, 6.45) is 1.51. The molecule has 3 rings (SSSR count). The van der Waals surface area contributed by atoms with E-state index >= 15 is 0 Å². The van der Waals surface area contributed by atoms with Crippen LogP contribution in [0, 0.1) is 5.92 Å². The molecular weight excluding hydrogens is 286 g/mol. The summed E-state index contributed by atoms with van der Waals surface area (Å²) in [5.41, 5.74) is 2.64. The van der Waals surface area contributed by atoms with Crippen molar-refractivity contribution in [1.29, 1.82) is 0 Å². The lowest BCUT2D eigenvalue weighted by Crippen LogP contribution is -2.38. The van der Waals surface area contributed by atoms with Crippen molar-refractivity contribution >= 4 is 5.97 Å². The number of benzene rings is 2. The monoisotopic (exact) mass is 309 g/mol. The van der Waals surface area contributed by atoms with Crippen LogP contribution >= 0.6 is 0 Å². The van der Waals surface area contributed by atoms with Crippen molar-refractivity contribution in [2.75, 3.05) is 19.6 Å². The lowest BCUT2D eigenvalue weighted by Gasteiger charge is -2.33. The minimum Gasteiger partial charge on any atom is -0.481 e. The lowest BCUT2D eigenvalue weighted by molar-refractivity contribution is -0.143. The Labute approximate surface area is 137 Å². The first-order chi connectivity index (χ1) is 11.2. The predicted molar refractivity (Wildman–Crippen MR) is 91.5 cm³/mol. The van der Waals surface area contributed by atoms with Gasteiger partial charge in [-0.3, -0.25) is 4.79 Å². The topological polar surface area (TPSA) is 40.5 Å². The first-order valence-corrected chi connectivity index (χ1v) is 8.29. The molecule has 1 heterocycles. The summed E-state index contributed by atoms with van der Waals surface area (Å²) in [6.45, 7) is 2.68. The van der Waals surface area contributed by atoms with Gasteiger partial charge in [-0.25, -0.2) is 0 Å². The van der Waals surface area contributed by atoms with E-state index in [1.165, 1.54) is 11.1 Å². The maximum Gasteiger partial charge on any atom is 0.306 e. The average Bonchev–Trinajstić information content (AvgIpc) is 2.61. The number of carboxylic acids is 1. The van der Waals surface area contributed by atoms with Crippen LogP contribution in [0.2, 0.25) is 0 Å². The van der Waals surface area contributed by atoms with Crippen molar-refractivity contribution in [3.8, 4) is 0 Å². The molecule has 120 valence electrons. The zero-order chi connectivity index (χ0) is 16.1. The maximum atomic E-state index is 11.1. The van der Waals surface area contributed by atoms with E-state index in [1.54, 1.807) is 0 Å². The van der Waals surface area contributed by atoms with Gasteiger partial charge < -0.3 is 10.0 Å². The van der Waals surface area contributed by atoms with Gasteiger partial charge in [0, 0.05) is 12.5 Å². The van der Waals surface area contributed by atoms with E-state index in [4.69, 9.17) is 5.11 Å². The number of nitrogens with zero attached hydrogens (tertiary/aromatic N) is 1. The molecule has 0 spiro atoms. The molecule has 1 aliphatic heterocycles. The average molecular weight is 309 g/mol. The third-order valence-electron chi connectivity index (χ3n) is 4.78. The van der Waals surface area contributed by atoms with Crippen molar-refractivity contribution in [2.24, 2.45) is 5.92 Å². The summed E-state index contributed by atoms with van der Waals surface area (Å²) < 4.78 is 0. The summed E-state index contributed by atoms with van der Waals surface area (Å²) in [5, 5.41) is 9.14. The van der Waals surface area contributed by atoms with Gasteiger partial charge in [-0.2, -0.15) is 0 Å². The van der Waals surface area contributed by atoms with Gasteiger partial charge in [0.2, 0.25) is 0 Å². The molecule has 2 aromatic rings. The molecule has 0 bridgehead atoms. The second-order valence-electron chi connectivity index (χ2n) is 6.29. The van der Waals surface area contributed by atoms with Gasteiger partial charge in [-0.05, 0) is 37.1 Å². The minimum atomic E-state index is -0.646. The van der Waals surface area contributed by atoms with E-state index < -0.39 is 5.97 Å². The van der Waals surface area contributed by atoms with Gasteiger partial charge in [0.15, 0.2) is 0 Å². The van der Waals surface area contributed by atoms with Gasteiger partial charge in [-0.1, -0.05) is 60.7 Å². The van der Waals surface area contributed by atoms with E-state index in [1.807, 2.05) is 12.1 Å². The Bertz CT molecular complexity index is 579. The Hall–Kier alpha value is -2.13. The molecule has 0 aliphatic carbocycles. The normalized spacial score (nSPS) is 16.6. The van der Waals surface area contributed by atoms with Gasteiger partial charge >= 0.3 is 5.97 Å². The van der Waals surface area contributed by atoms with Crippen LogP contribution < -0.4 is 0 Å². The molecule has 0 amide bonds. The molecule has 1 saturated heterocycles. The van der Waals surface area contributed by atoms with Gasteiger partial charge in [-0.15, -0.1) is 0 Å². The van der Waals surface area contributed by atoms with Crippen LogP contribution in [0.4, 0.5) is 0 Å². The highest BCUT2D eigenvalue weighted by molar-refractivity contribution is 5.70. The first kappa shape index (κ1) is 15.8. The summed E-state index contributed by atoms with van der Waals surface area (Å²) >= 11 is 0. The molecule has 1 aliphatic rings. The smallest absolute Gasteiger partial charge is 0.306 e. The fraction of sp³-hybridized carbons (Fsp3) is 0.350. The second kappa shape index (κ2) is 7.42. The standard InChI is InChI=1S/C20H23NO2/c22-20(23)18-11-13-21(14-12-18)15-19(16-7-3-1-4-8-16)17-9-5-2-6-10-17/h1-10,18-19H,11-15H2,(H,22,23). The largest absolute Gasteiger partial charge is 0.481 e. The van der Waals surface area contributed by atoms with Crippen molar-refractivity contribution < 1.29 is 9.90 Å². The zero-order valence-electron chi connectivity index (χ0n) is 13.3. The molecule has 1 fully saturated rings. The van der Waals surface area contributed by atoms with Gasteiger partial charge in [0.25, 0.3) is 0 Å². The van der Waals surface area contributed by atoms with Crippen LogP contribution in [0.1, 0.15) is 29.9 Å². The SMILES string of the molecule is O=C(O)C1CCN(CC(c2ccccc2)c2ccccc2)CC1. The number of hydrogen-bond acceptors (Lipinski definition) is 2. The Balaban J connectivity index is 1.74. The van der Waals surface area contributed by atoms with Crippen molar-refractivity contribution in [2.45, 2.75) is 18.8 Å². The zero-order valence-corrected chi connectivity index (χ0v) is 13.3. The van der Waals surface area contributed by atoms with E-state index in [2.05, 4.69) is 53.4 Å². The third-order valence-corrected chi connectivity index (χ3v) is 4.78. The van der Waals surface area contributed by atoms with E-state index in [0.29, 0.717) is 5.92 Å². The number of carboxylic acid groups (broad SMARTS) is 1. The fourth-order valence-electron chi connectivity index (χ4n) is 3.39. The number of likely N-dealkylation sites (tertiary alicyclic amines) is 1. The summed E-state index contributed by atoms with van der Waals surface area (Å²) in [4.78, 5) is 13.5. The number of carbonyl (C=O) groups is 1. The fourth-order valence-corrected chi connectivity index (χ4v) is 3.39. The molecule has 0 saturated carbocycles. The highest BCUT2D eigenvalue weighted by atomic mass is 16.4. The predicted octanol–water partition coefficient (Wildman–Crippen LogP) is 3.62. The number of rotatable bonds is 5. The van der Waals surface area contributed by atoms with Gasteiger partial charge in [0.1, 0.15) is 0 Å². The van der Waals surface area contributed by atoms with Crippen LogP contribution in [-0.2, 0) is 4.79 Å². The van der Waals surface area contributed by atoms with Crippen molar-refractivity contribution in [3.05, 3.63) is 71.8 Å². The molecule has 3 nitrogen and oxygen atoms in total. The van der Waals surface area contributed by atoms with Crippen LogP contribution in [0.3, 0.4) is 0 Å². The molecule has 0 atom stereocenters. The van der Waals surface area contributed by atoms with E-state index in [-0.39, 0.29) is 5.92 Å². The highest BCUT2D eigenvalue weighted by Crippen LogP contribution is 2.27. The number of piperidine rings is 1. The molecule has 23 heavy (non-hydrogen) atoms. The summed E-state index contributed by atoms with van der Waals surface area (Å²) in [6, 6.07) is 21.2. The van der Waals surface area contributed by atoms with Crippen molar-refractivity contribution in [3.63, 3.8) is 0 Å². The van der Waals surface area contributed by atoms with Crippen LogP contribution in [0.25, 0.3) is 0 Å². The minimum absolute atomic E-state index is 0.168. The molecule has 0 unspecified atom stereocenters. The third kappa shape index (κ3) is 3.99. The van der Waals surface area contributed by atoms with Crippen LogP contribution in [0.15, 0.2) is 60.7 Å². The Morgan fingerprint density at radius 3 is 1.87 bits per heavy atom. The van der Waals surface area contributed by atoms with Gasteiger partial charge in [0.05, 0.1) is 5.92 Å². The quantitative estimate of drug-likeness (QED) is 0.917. The lowest BCUT2D eigenvalue weighted by atomic mass is 9.89. The number of aliphatic carboxylic acids is 1. The maximum absolute atomic E-state index is 11.1. The van der Waals surface area contributed by atoms with E-state index in [9.17, 15) is 4.79 Å². The Kier molecular flexibility index (Phi) is 5.09. The second-order valence-corrected chi connectivity index (χ2v) is 6.29. The number of hydrogen-bond donors (Lipinski definition) is 1. The Morgan fingerprint density at radius 2 is 1.43 bits per heavy atom. The highest BCUT2D eigenvalue weighted by Gasteiger charge is 2.26. The molecule has 1 N–H and O–H groups in total. The molecular formula is C20H23NO2. The summed E-state index contributed by atoms with van der Waals surface area (Å²) in [5.74, 6) is -0.482. The molecule has 2 aromatic carbocycles. The van der Waals surface area contributed by atoms with E-state index in [0.717, 1.165) is 32.5 Å². The molecule has 3 heteroatoms. The molecule has 0 aromatic heterocycles. The summed E-state index contributed by atoms with van der Waals surface area (Å²) in [7, 11) is 0. The molecule has 0 radical (unpaired) electrons. The Morgan fingerprint density at radius 1 is 0.957 bits per heavy atom. The van der Waals surface area contributed by atoms with Crippen LogP contribution in [0.5, 0.6) is 0 Å². The van der Waals surface area contributed by atoms with Crippen LogP contribution in [-0.4, -0.2) is 35.6 Å². The van der Waals surface area contributed by atoms with Crippen molar-refractivity contribution in [1.82, 2.24) is 4.90 Å². The first-order valence-electron chi connectivity index (χ1n) is 8.29.